The zero-order valence-corrected chi connectivity index (χ0v) is 31.6. The van der Waals surface area contributed by atoms with Crippen LogP contribution in [0.4, 0.5) is 17.1 Å². The highest BCUT2D eigenvalue weighted by Crippen LogP contribution is 2.79. The van der Waals surface area contributed by atoms with Crippen molar-refractivity contribution in [3.63, 3.8) is 0 Å². The van der Waals surface area contributed by atoms with E-state index in [1.165, 1.54) is 14.7 Å². The number of amides is 6. The summed E-state index contributed by atoms with van der Waals surface area (Å²) >= 11 is 0. The molecule has 11 atom stereocenters. The quantitative estimate of drug-likeness (QED) is 0.194. The van der Waals surface area contributed by atoms with Crippen LogP contribution in [-0.2, 0) is 33.5 Å². The maximum Gasteiger partial charge on any atom is 0.238 e. The lowest BCUT2D eigenvalue weighted by Crippen LogP contribution is -2.67. The topological polar surface area (TPSA) is 121 Å². The summed E-state index contributed by atoms with van der Waals surface area (Å²) in [4.78, 5) is 93.5. The van der Waals surface area contributed by atoms with Crippen molar-refractivity contribution >= 4 is 60.6 Å². The van der Waals surface area contributed by atoms with Gasteiger partial charge in [-0.3, -0.25) is 43.5 Å². The van der Waals surface area contributed by atoms with E-state index in [9.17, 15) is 14.4 Å². The van der Waals surface area contributed by atoms with Crippen LogP contribution < -0.4 is 14.7 Å². The first-order valence-corrected chi connectivity index (χ1v) is 22.5. The Morgan fingerprint density at radius 1 is 0.545 bits per heavy atom. The smallest absolute Gasteiger partial charge is 0.238 e. The van der Waals surface area contributed by atoms with Crippen LogP contribution in [0.3, 0.4) is 0 Å². The van der Waals surface area contributed by atoms with Gasteiger partial charge >= 0.3 is 0 Å². The molecule has 6 amide bonds. The lowest BCUT2D eigenvalue weighted by atomic mass is 9.44. The summed E-state index contributed by atoms with van der Waals surface area (Å²) in [5, 5.41) is -0.922. The highest BCUT2D eigenvalue weighted by Gasteiger charge is 2.80. The van der Waals surface area contributed by atoms with E-state index in [-0.39, 0.29) is 47.8 Å². The molecule has 4 aliphatic heterocycles. The molecule has 0 radical (unpaired) electrons. The number of anilines is 3. The number of allylic oxidation sites excluding steroid dienone is 4. The molecule has 1 spiro atoms. The number of hydrogen-bond donors (Lipinski definition) is 0. The molecule has 3 aromatic rings. The molecule has 276 valence electrons. The first kappa shape index (κ1) is 33.0. The van der Waals surface area contributed by atoms with E-state index in [0.717, 1.165) is 11.1 Å². The van der Waals surface area contributed by atoms with E-state index < -0.39 is 66.4 Å². The summed E-state index contributed by atoms with van der Waals surface area (Å²) in [5.74, 6) is -7.65. The van der Waals surface area contributed by atoms with Crippen molar-refractivity contribution in [3.05, 3.63) is 114 Å². The largest absolute Gasteiger partial charge is 0.501 e. The van der Waals surface area contributed by atoms with Gasteiger partial charge in [0.2, 0.25) is 35.4 Å². The number of imide groups is 3. The Bertz CT molecular complexity index is 2360. The molecule has 5 fully saturated rings. The number of methoxy groups -OCH3 is 1. The molecule has 0 N–H and O–H groups in total. The Morgan fingerprint density at radius 3 is 1.60 bits per heavy atom. The molecule has 12 rings (SSSR count). The fraction of sp³-hybridized carbons (Fsp3) is 0.364. The predicted molar refractivity (Wildman–Crippen MR) is 203 cm³/mol. The number of hydrogen-bond acceptors (Lipinski definition) is 7. The minimum atomic E-state index is -2.84. The van der Waals surface area contributed by atoms with Crippen LogP contribution in [0.5, 0.6) is 0 Å². The van der Waals surface area contributed by atoms with E-state index in [0.29, 0.717) is 28.9 Å². The summed E-state index contributed by atoms with van der Waals surface area (Å²) in [6.07, 6.45) is 2.39. The van der Waals surface area contributed by atoms with E-state index in [2.05, 4.69) is 19.2 Å². The third-order valence-corrected chi connectivity index (χ3v) is 19.4. The van der Waals surface area contributed by atoms with Crippen molar-refractivity contribution < 1.29 is 33.5 Å². The van der Waals surface area contributed by atoms with Crippen LogP contribution in [0.2, 0.25) is 24.2 Å². The summed E-state index contributed by atoms with van der Waals surface area (Å²) in [5.41, 5.74) is 3.48. The number of nitrogens with zero attached hydrogens (tertiary/aromatic N) is 3. The first-order valence-electron chi connectivity index (χ1n) is 19.3. The van der Waals surface area contributed by atoms with Gasteiger partial charge in [-0.2, -0.15) is 0 Å². The van der Waals surface area contributed by atoms with Crippen molar-refractivity contribution in [2.24, 2.45) is 59.2 Å². The normalized spacial score (nSPS) is 37.6. The average Bonchev–Trinajstić information content (AvgIpc) is 3.73. The van der Waals surface area contributed by atoms with Gasteiger partial charge in [-0.25, -0.2) is 0 Å². The van der Waals surface area contributed by atoms with Gasteiger partial charge in [0, 0.05) is 16.9 Å². The SMILES string of the molecule is COC1=C[C@@]23C4=C5[C@@H](C[Si]2(C)C)[C@H]2C(=O)N(c6ccccc6)C(=O)[C@H]2C[C@@H]5[C@@H]2C(=O)N(c5ccccc5)C(=O)[C@@H]2[C@@H]4[C@H]1[C@@H]1C(=O)N(c2ccccc2)C(=O)[C@@H]13. The zero-order valence-electron chi connectivity index (χ0n) is 30.6. The van der Waals surface area contributed by atoms with Crippen molar-refractivity contribution in [1.82, 2.24) is 0 Å². The van der Waals surface area contributed by atoms with E-state index in [4.69, 9.17) is 4.74 Å². The summed E-state index contributed by atoms with van der Waals surface area (Å²) in [7, 11) is -1.25. The number of rotatable bonds is 4. The van der Waals surface area contributed by atoms with Crippen LogP contribution in [0.25, 0.3) is 0 Å². The molecular formula is C44H39N3O7Si. The molecule has 10 nitrogen and oxygen atoms in total. The Hall–Kier alpha value is -5.42. The second-order valence-electron chi connectivity index (χ2n) is 17.3. The monoisotopic (exact) mass is 749 g/mol. The lowest BCUT2D eigenvalue weighted by Gasteiger charge is -2.68. The number of fused-ring (bicyclic) bond motifs is 4. The zero-order chi connectivity index (χ0) is 37.9. The molecule has 0 unspecified atom stereocenters. The summed E-state index contributed by atoms with van der Waals surface area (Å²) in [6.45, 7) is 4.48. The highest BCUT2D eigenvalue weighted by molar-refractivity contribution is 6.82. The number of para-hydroxylation sites is 3. The Labute approximate surface area is 318 Å². The van der Waals surface area contributed by atoms with Gasteiger partial charge in [0.05, 0.1) is 73.5 Å². The van der Waals surface area contributed by atoms with Gasteiger partial charge in [0.25, 0.3) is 0 Å². The number of carbonyl (C=O) groups excluding carboxylic acids is 6. The van der Waals surface area contributed by atoms with E-state index in [1.54, 1.807) is 55.6 Å². The number of ether oxygens (including phenoxy) is 1. The Morgan fingerprint density at radius 2 is 1.04 bits per heavy atom. The molecule has 0 aromatic heterocycles. The fourth-order valence-corrected chi connectivity index (χ4v) is 17.9. The van der Waals surface area contributed by atoms with Crippen LogP contribution in [0.1, 0.15) is 6.42 Å². The van der Waals surface area contributed by atoms with Gasteiger partial charge in [-0.15, -0.1) is 0 Å². The van der Waals surface area contributed by atoms with Crippen molar-refractivity contribution in [2.75, 3.05) is 21.8 Å². The number of carbonyl (C=O) groups is 6. The third kappa shape index (κ3) is 3.75. The molecule has 3 aromatic carbocycles. The van der Waals surface area contributed by atoms with Gasteiger partial charge in [-0.1, -0.05) is 78.8 Å². The molecule has 2 saturated carbocycles. The van der Waals surface area contributed by atoms with Crippen LogP contribution in [0, 0.1) is 59.2 Å². The van der Waals surface area contributed by atoms with Crippen molar-refractivity contribution in [3.8, 4) is 0 Å². The minimum Gasteiger partial charge on any atom is -0.501 e. The molecule has 11 heteroatoms. The first-order chi connectivity index (χ1) is 26.5. The average molecular weight is 750 g/mol. The van der Waals surface area contributed by atoms with Gasteiger partial charge in [0.1, 0.15) is 0 Å². The molecule has 4 heterocycles. The van der Waals surface area contributed by atoms with Gasteiger partial charge in [0.15, 0.2) is 0 Å². The standard InChI is InChI=1S/C44H39N3O7Si/c1-54-28-20-44-36-29-25(19-26-30(27(29)21-55(44,2)3)39(49)45(38(26)48)22-13-7-4-8-14-22)31-34(41(51)46(40(31)50)23-15-9-5-10-16-23)33(36)32(28)35-37(44)43(53)47(42(35)52)24-17-11-6-12-18-24/h4-18,20,25-27,30-35,37H,19,21H2,1-3H3/t25-,26-,27+,30-,31-,32-,33-,34-,35-,37+,44-/m0/s1. The fourth-order valence-electron chi connectivity index (χ4n) is 13.3. The van der Waals surface area contributed by atoms with Gasteiger partial charge < -0.3 is 4.74 Å². The third-order valence-electron chi connectivity index (χ3n) is 15.0. The van der Waals surface area contributed by atoms with Gasteiger partial charge in [-0.05, 0) is 66.8 Å². The molecule has 9 aliphatic rings. The van der Waals surface area contributed by atoms with E-state index in [1.807, 2.05) is 42.5 Å². The maximum atomic E-state index is 15.2. The van der Waals surface area contributed by atoms with Crippen LogP contribution >= 0.6 is 0 Å². The van der Waals surface area contributed by atoms with E-state index >= 15 is 14.4 Å². The molecule has 3 saturated heterocycles. The molecule has 2 bridgehead atoms. The second-order valence-corrected chi connectivity index (χ2v) is 22.3. The molecule has 55 heavy (non-hydrogen) atoms. The van der Waals surface area contributed by atoms with Crippen LogP contribution in [-0.4, -0.2) is 50.6 Å². The second kappa shape index (κ2) is 10.9. The highest BCUT2D eigenvalue weighted by atomic mass is 28.3. The van der Waals surface area contributed by atoms with Crippen molar-refractivity contribution in [2.45, 2.75) is 30.6 Å². The minimum absolute atomic E-state index is 0.230. The molecule has 5 aliphatic carbocycles. The molecular weight excluding hydrogens is 711 g/mol. The van der Waals surface area contributed by atoms with Crippen molar-refractivity contribution in [1.29, 1.82) is 0 Å². The lowest BCUT2D eigenvalue weighted by molar-refractivity contribution is -0.134. The summed E-state index contributed by atoms with van der Waals surface area (Å²) in [6, 6.07) is 27.6. The summed E-state index contributed by atoms with van der Waals surface area (Å²) < 4.78 is 6.23. The predicted octanol–water partition coefficient (Wildman–Crippen LogP) is 5.60. The Kier molecular flexibility index (Phi) is 6.51. The van der Waals surface area contributed by atoms with Crippen LogP contribution in [0.15, 0.2) is 114 Å². The Balaban J connectivity index is 1.18. The maximum absolute atomic E-state index is 15.2. The number of benzene rings is 3.